The van der Waals surface area contributed by atoms with Crippen LogP contribution in [0.1, 0.15) is 12.8 Å². The van der Waals surface area contributed by atoms with E-state index in [0.717, 1.165) is 16.7 Å². The third-order valence-electron chi connectivity index (χ3n) is 5.18. The average Bonchev–Trinajstić information content (AvgIpc) is 3.10. The predicted molar refractivity (Wildman–Crippen MR) is 113 cm³/mol. The maximum Gasteiger partial charge on any atom is 0.313 e. The molecule has 150 valence electrons. The van der Waals surface area contributed by atoms with Gasteiger partial charge in [-0.3, -0.25) is 9.59 Å². The largest absolute Gasteiger partial charge is 0.490 e. The van der Waals surface area contributed by atoms with Gasteiger partial charge >= 0.3 is 11.8 Å². The van der Waals surface area contributed by atoms with Gasteiger partial charge in [-0.05, 0) is 48.5 Å². The molecular formula is C22H22ClN3O3. The molecular weight excluding hydrogens is 390 g/mol. The molecule has 6 nitrogen and oxygen atoms in total. The maximum absolute atomic E-state index is 12.5. The number of aryl methyl sites for hydroxylation is 1. The maximum atomic E-state index is 12.5. The molecule has 0 spiro atoms. The molecule has 3 aromatic rings. The quantitative estimate of drug-likeness (QED) is 0.666. The van der Waals surface area contributed by atoms with Crippen molar-refractivity contribution in [3.05, 3.63) is 59.8 Å². The van der Waals surface area contributed by atoms with E-state index in [4.69, 9.17) is 16.3 Å². The molecule has 1 aliphatic rings. The number of anilines is 1. The third-order valence-corrected chi connectivity index (χ3v) is 5.43. The molecule has 1 fully saturated rings. The van der Waals surface area contributed by atoms with Gasteiger partial charge in [0.25, 0.3) is 0 Å². The van der Waals surface area contributed by atoms with Gasteiger partial charge < -0.3 is 19.5 Å². The summed E-state index contributed by atoms with van der Waals surface area (Å²) >= 11 is 5.89. The van der Waals surface area contributed by atoms with Gasteiger partial charge in [0.2, 0.25) is 0 Å². The third kappa shape index (κ3) is 4.38. The van der Waals surface area contributed by atoms with E-state index in [1.807, 2.05) is 48.1 Å². The number of benzene rings is 2. The van der Waals surface area contributed by atoms with Crippen molar-refractivity contribution in [2.24, 2.45) is 7.05 Å². The van der Waals surface area contributed by atoms with Crippen LogP contribution in [-0.2, 0) is 16.6 Å². The molecule has 1 saturated heterocycles. The number of aromatic nitrogens is 1. The number of nitrogens with zero attached hydrogens (tertiary/aromatic N) is 2. The van der Waals surface area contributed by atoms with E-state index >= 15 is 0 Å². The van der Waals surface area contributed by atoms with E-state index in [2.05, 4.69) is 5.32 Å². The minimum absolute atomic E-state index is 0.0174. The normalized spacial score (nSPS) is 14.8. The summed E-state index contributed by atoms with van der Waals surface area (Å²) in [4.78, 5) is 26.5. The molecule has 2 aromatic carbocycles. The molecule has 4 rings (SSSR count). The molecule has 1 aliphatic heterocycles. The lowest BCUT2D eigenvalue weighted by molar-refractivity contribution is -0.144. The summed E-state index contributed by atoms with van der Waals surface area (Å²) in [5, 5.41) is 4.39. The fourth-order valence-corrected chi connectivity index (χ4v) is 3.70. The van der Waals surface area contributed by atoms with Gasteiger partial charge in [-0.2, -0.15) is 0 Å². The second kappa shape index (κ2) is 8.17. The molecule has 29 heavy (non-hydrogen) atoms. The van der Waals surface area contributed by atoms with Crippen LogP contribution in [0.2, 0.25) is 5.02 Å². The van der Waals surface area contributed by atoms with Gasteiger partial charge in [0.05, 0.1) is 0 Å². The van der Waals surface area contributed by atoms with Crippen molar-refractivity contribution in [2.45, 2.75) is 18.9 Å². The van der Waals surface area contributed by atoms with Crippen molar-refractivity contribution in [3.8, 4) is 5.75 Å². The van der Waals surface area contributed by atoms with Gasteiger partial charge in [-0.15, -0.1) is 0 Å². The first-order chi connectivity index (χ1) is 14.0. The van der Waals surface area contributed by atoms with Crippen LogP contribution < -0.4 is 10.1 Å². The molecule has 2 amide bonds. The molecule has 0 atom stereocenters. The predicted octanol–water partition coefficient (Wildman–Crippen LogP) is 3.84. The number of carbonyl (C=O) groups excluding carboxylic acids is 2. The molecule has 2 heterocycles. The molecule has 0 unspecified atom stereocenters. The summed E-state index contributed by atoms with van der Waals surface area (Å²) < 4.78 is 7.94. The number of hydrogen-bond donors (Lipinski definition) is 1. The SMILES string of the molecule is Cn1ccc2cc(NC(=O)C(=O)N3CCC(Oc4ccc(Cl)cc4)CC3)ccc21. The Hall–Kier alpha value is -2.99. The molecule has 0 aliphatic carbocycles. The van der Waals surface area contributed by atoms with Crippen molar-refractivity contribution >= 4 is 40.0 Å². The number of rotatable bonds is 3. The number of ether oxygens (including phenoxy) is 1. The minimum Gasteiger partial charge on any atom is -0.490 e. The van der Waals surface area contributed by atoms with Crippen LogP contribution in [0.15, 0.2) is 54.7 Å². The first kappa shape index (κ1) is 19.3. The van der Waals surface area contributed by atoms with E-state index in [1.54, 1.807) is 23.1 Å². The van der Waals surface area contributed by atoms with Gasteiger partial charge in [0.15, 0.2) is 0 Å². The van der Waals surface area contributed by atoms with E-state index in [9.17, 15) is 9.59 Å². The highest BCUT2D eigenvalue weighted by atomic mass is 35.5. The van der Waals surface area contributed by atoms with Gasteiger partial charge in [-0.25, -0.2) is 0 Å². The summed E-state index contributed by atoms with van der Waals surface area (Å²) in [6.07, 6.45) is 3.33. The van der Waals surface area contributed by atoms with Crippen LogP contribution in [-0.4, -0.2) is 40.5 Å². The number of piperidine rings is 1. The zero-order chi connectivity index (χ0) is 20.4. The first-order valence-corrected chi connectivity index (χ1v) is 9.95. The molecule has 1 aromatic heterocycles. The number of likely N-dealkylation sites (tertiary alicyclic amines) is 1. The lowest BCUT2D eigenvalue weighted by atomic mass is 10.1. The van der Waals surface area contributed by atoms with Crippen LogP contribution in [0.25, 0.3) is 10.9 Å². The van der Waals surface area contributed by atoms with E-state index in [-0.39, 0.29) is 6.10 Å². The van der Waals surface area contributed by atoms with Crippen molar-refractivity contribution in [1.82, 2.24) is 9.47 Å². The monoisotopic (exact) mass is 411 g/mol. The Labute approximate surface area is 174 Å². The average molecular weight is 412 g/mol. The summed E-state index contributed by atoms with van der Waals surface area (Å²) in [6.45, 7) is 0.977. The highest BCUT2D eigenvalue weighted by Gasteiger charge is 2.28. The minimum atomic E-state index is -0.614. The Balaban J connectivity index is 1.31. The van der Waals surface area contributed by atoms with Crippen LogP contribution in [0.5, 0.6) is 5.75 Å². The van der Waals surface area contributed by atoms with E-state index < -0.39 is 11.8 Å². The smallest absolute Gasteiger partial charge is 0.313 e. The fraction of sp³-hybridized carbons (Fsp3) is 0.273. The van der Waals surface area contributed by atoms with Crippen LogP contribution in [0.3, 0.4) is 0 Å². The highest BCUT2D eigenvalue weighted by Crippen LogP contribution is 2.22. The summed E-state index contributed by atoms with van der Waals surface area (Å²) in [5.41, 5.74) is 1.68. The summed E-state index contributed by atoms with van der Waals surface area (Å²) in [6, 6.07) is 14.8. The first-order valence-electron chi connectivity index (χ1n) is 9.57. The number of carbonyl (C=O) groups is 2. The molecule has 0 saturated carbocycles. The summed E-state index contributed by atoms with van der Waals surface area (Å²) in [5.74, 6) is -0.367. The van der Waals surface area contributed by atoms with Gasteiger partial charge in [0, 0.05) is 60.8 Å². The Morgan fingerprint density at radius 1 is 1.07 bits per heavy atom. The molecule has 1 N–H and O–H groups in total. The second-order valence-electron chi connectivity index (χ2n) is 7.22. The number of hydrogen-bond acceptors (Lipinski definition) is 3. The van der Waals surface area contributed by atoms with Gasteiger partial charge in [-0.1, -0.05) is 11.6 Å². The number of nitrogens with one attached hydrogen (secondary N) is 1. The van der Waals surface area contributed by atoms with Crippen molar-refractivity contribution in [1.29, 1.82) is 0 Å². The number of halogens is 1. The Kier molecular flexibility index (Phi) is 5.45. The molecule has 0 bridgehead atoms. The standard InChI is InChI=1S/C22H22ClN3O3/c1-25-11-8-15-14-17(4-7-20(15)25)24-21(27)22(28)26-12-9-19(10-13-26)29-18-5-2-16(23)3-6-18/h2-8,11,14,19H,9-10,12-13H2,1H3,(H,24,27). The van der Waals surface area contributed by atoms with Crippen LogP contribution in [0, 0.1) is 0 Å². The van der Waals surface area contributed by atoms with Crippen LogP contribution >= 0.6 is 11.6 Å². The van der Waals surface area contributed by atoms with Crippen molar-refractivity contribution < 1.29 is 14.3 Å². The Morgan fingerprint density at radius 3 is 2.52 bits per heavy atom. The van der Waals surface area contributed by atoms with E-state index in [1.165, 1.54) is 0 Å². The molecule has 0 radical (unpaired) electrons. The van der Waals surface area contributed by atoms with Crippen molar-refractivity contribution in [2.75, 3.05) is 18.4 Å². The zero-order valence-corrected chi connectivity index (χ0v) is 16.9. The zero-order valence-electron chi connectivity index (χ0n) is 16.1. The second-order valence-corrected chi connectivity index (χ2v) is 7.65. The lowest BCUT2D eigenvalue weighted by Gasteiger charge is -2.31. The number of fused-ring (bicyclic) bond motifs is 1. The highest BCUT2D eigenvalue weighted by molar-refractivity contribution is 6.39. The number of amides is 2. The lowest BCUT2D eigenvalue weighted by Crippen LogP contribution is -2.46. The topological polar surface area (TPSA) is 63.6 Å². The van der Waals surface area contributed by atoms with Gasteiger partial charge in [0.1, 0.15) is 11.9 Å². The van der Waals surface area contributed by atoms with Crippen LogP contribution in [0.4, 0.5) is 5.69 Å². The Morgan fingerprint density at radius 2 is 1.79 bits per heavy atom. The van der Waals surface area contributed by atoms with E-state index in [0.29, 0.717) is 36.6 Å². The summed E-state index contributed by atoms with van der Waals surface area (Å²) in [7, 11) is 1.96. The van der Waals surface area contributed by atoms with Crippen molar-refractivity contribution in [3.63, 3.8) is 0 Å². The fourth-order valence-electron chi connectivity index (χ4n) is 3.57. The molecule has 7 heteroatoms. The Bertz CT molecular complexity index is 1040.